The molecule has 0 saturated carbocycles. The van der Waals surface area contributed by atoms with E-state index in [1.165, 1.54) is 17.8 Å². The smallest absolute Gasteiger partial charge is 0.275 e. The van der Waals surface area contributed by atoms with Crippen LogP contribution in [-0.4, -0.2) is 20.7 Å². The second-order valence-corrected chi connectivity index (χ2v) is 10.7. The highest BCUT2D eigenvalue weighted by atomic mass is 32.2. The van der Waals surface area contributed by atoms with Gasteiger partial charge in [0.1, 0.15) is 5.82 Å². The Bertz CT molecular complexity index is 1410. The zero-order chi connectivity index (χ0) is 25.1. The standard InChI is InChI=1S/C28H26N4O2S2/c1-2-22(27(34)32-20-12-6-8-14-23(20)35-24-15-9-7-13-21(24)32)36-28-30-26(33)18-25(29)31(28)17-16-19-10-4-3-5-11-19/h3-15,18,22H,2,16-17,29H2,1H3. The number of hydrogen-bond acceptors (Lipinski definition) is 6. The Labute approximate surface area is 218 Å². The number of fused-ring (bicyclic) bond motifs is 2. The zero-order valence-electron chi connectivity index (χ0n) is 19.8. The maximum Gasteiger partial charge on any atom is 0.275 e. The van der Waals surface area contributed by atoms with Crippen molar-refractivity contribution < 1.29 is 4.79 Å². The molecule has 2 heterocycles. The molecule has 1 aromatic heterocycles. The molecule has 4 aromatic rings. The van der Waals surface area contributed by atoms with E-state index in [0.29, 0.717) is 23.9 Å². The van der Waals surface area contributed by atoms with Gasteiger partial charge in [0, 0.05) is 22.4 Å². The molecule has 2 N–H and O–H groups in total. The monoisotopic (exact) mass is 514 g/mol. The molecule has 0 radical (unpaired) electrons. The van der Waals surface area contributed by atoms with Crippen LogP contribution in [0.2, 0.25) is 0 Å². The van der Waals surface area contributed by atoms with E-state index in [-0.39, 0.29) is 5.91 Å². The van der Waals surface area contributed by atoms with Crippen molar-refractivity contribution >= 4 is 46.6 Å². The van der Waals surface area contributed by atoms with Crippen molar-refractivity contribution in [2.45, 2.75) is 46.5 Å². The Hall–Kier alpha value is -3.49. The van der Waals surface area contributed by atoms with Crippen LogP contribution < -0.4 is 16.2 Å². The van der Waals surface area contributed by atoms with Crippen molar-refractivity contribution in [3.05, 3.63) is 101 Å². The highest BCUT2D eigenvalue weighted by Gasteiger charge is 2.33. The zero-order valence-corrected chi connectivity index (χ0v) is 21.5. The lowest BCUT2D eigenvalue weighted by atomic mass is 10.1. The summed E-state index contributed by atoms with van der Waals surface area (Å²) in [4.78, 5) is 34.5. The summed E-state index contributed by atoms with van der Waals surface area (Å²) in [5, 5.41) is 0.00923. The second-order valence-electron chi connectivity index (χ2n) is 8.41. The minimum atomic E-state index is -0.453. The van der Waals surface area contributed by atoms with Crippen molar-refractivity contribution in [1.82, 2.24) is 9.55 Å². The third-order valence-electron chi connectivity index (χ3n) is 6.03. The number of nitrogens with two attached hydrogens (primary N) is 1. The first-order valence-electron chi connectivity index (χ1n) is 11.8. The highest BCUT2D eigenvalue weighted by Crippen LogP contribution is 2.48. The quantitative estimate of drug-likeness (QED) is 0.249. The van der Waals surface area contributed by atoms with Crippen LogP contribution in [0.1, 0.15) is 18.9 Å². The highest BCUT2D eigenvalue weighted by molar-refractivity contribution is 8.00. The Morgan fingerprint density at radius 2 is 1.58 bits per heavy atom. The Balaban J connectivity index is 1.47. The summed E-state index contributed by atoms with van der Waals surface area (Å²) < 4.78 is 1.84. The number of anilines is 3. The maximum atomic E-state index is 14.1. The maximum absolute atomic E-state index is 14.1. The van der Waals surface area contributed by atoms with Gasteiger partial charge in [-0.3, -0.25) is 14.5 Å². The lowest BCUT2D eigenvalue weighted by molar-refractivity contribution is -0.117. The third kappa shape index (κ3) is 4.92. The molecule has 0 fully saturated rings. The summed E-state index contributed by atoms with van der Waals surface area (Å²) in [6, 6.07) is 27.3. The number of aryl methyl sites for hydroxylation is 1. The third-order valence-corrected chi connectivity index (χ3v) is 8.51. The summed E-state index contributed by atoms with van der Waals surface area (Å²) in [5.41, 5.74) is 8.75. The molecular formula is C28H26N4O2S2. The number of hydrogen-bond donors (Lipinski definition) is 1. The van der Waals surface area contributed by atoms with Crippen LogP contribution in [0.25, 0.3) is 0 Å². The van der Waals surface area contributed by atoms with Gasteiger partial charge in [-0.1, -0.05) is 85.0 Å². The molecule has 1 aliphatic heterocycles. The number of benzene rings is 3. The number of nitrogen functional groups attached to an aromatic ring is 1. The lowest BCUT2D eigenvalue weighted by Crippen LogP contribution is -2.36. The molecule has 5 rings (SSSR count). The number of thioether (sulfide) groups is 1. The first-order valence-corrected chi connectivity index (χ1v) is 13.5. The van der Waals surface area contributed by atoms with Gasteiger partial charge < -0.3 is 10.3 Å². The van der Waals surface area contributed by atoms with Crippen LogP contribution in [0.3, 0.4) is 0 Å². The summed E-state index contributed by atoms with van der Waals surface area (Å²) in [6.07, 6.45) is 1.30. The van der Waals surface area contributed by atoms with Crippen molar-refractivity contribution in [2.75, 3.05) is 10.6 Å². The van der Waals surface area contributed by atoms with E-state index in [1.807, 2.05) is 78.2 Å². The summed E-state index contributed by atoms with van der Waals surface area (Å²) in [5.74, 6) is 0.301. The molecule has 6 nitrogen and oxygen atoms in total. The normalized spacial score (nSPS) is 13.1. The van der Waals surface area contributed by atoms with Crippen LogP contribution in [-0.2, 0) is 17.8 Å². The van der Waals surface area contributed by atoms with Gasteiger partial charge in [0.2, 0.25) is 5.91 Å². The first-order chi connectivity index (χ1) is 17.5. The van der Waals surface area contributed by atoms with Crippen LogP contribution in [0, 0.1) is 0 Å². The molecule has 0 bridgehead atoms. The fraction of sp³-hybridized carbons (Fsp3) is 0.179. The van der Waals surface area contributed by atoms with Crippen LogP contribution in [0.15, 0.2) is 105 Å². The van der Waals surface area contributed by atoms with E-state index < -0.39 is 10.8 Å². The van der Waals surface area contributed by atoms with Gasteiger partial charge in [0.25, 0.3) is 5.56 Å². The van der Waals surface area contributed by atoms with Gasteiger partial charge in [0.05, 0.1) is 16.6 Å². The first kappa shape index (κ1) is 24.2. The number of rotatable bonds is 7. The topological polar surface area (TPSA) is 81.2 Å². The molecule has 36 heavy (non-hydrogen) atoms. The van der Waals surface area contributed by atoms with E-state index in [9.17, 15) is 9.59 Å². The van der Waals surface area contributed by atoms with Gasteiger partial charge in [-0.25, -0.2) is 0 Å². The molecule has 3 aromatic carbocycles. The molecule has 0 saturated heterocycles. The molecule has 1 atom stereocenters. The van der Waals surface area contributed by atoms with Gasteiger partial charge >= 0.3 is 0 Å². The molecular weight excluding hydrogens is 488 g/mol. The lowest BCUT2D eigenvalue weighted by Gasteiger charge is -2.33. The molecule has 0 aliphatic carbocycles. The minimum Gasteiger partial charge on any atom is -0.385 e. The van der Waals surface area contributed by atoms with E-state index in [0.717, 1.165) is 33.2 Å². The number of aromatic nitrogens is 2. The predicted molar refractivity (Wildman–Crippen MR) is 147 cm³/mol. The number of nitrogens with zero attached hydrogens (tertiary/aromatic N) is 3. The van der Waals surface area contributed by atoms with Crippen molar-refractivity contribution in [1.29, 1.82) is 0 Å². The van der Waals surface area contributed by atoms with Gasteiger partial charge in [-0.2, -0.15) is 4.98 Å². The molecule has 8 heteroatoms. The second kappa shape index (κ2) is 10.6. The van der Waals surface area contributed by atoms with E-state index >= 15 is 0 Å². The largest absolute Gasteiger partial charge is 0.385 e. The summed E-state index contributed by atoms with van der Waals surface area (Å²) in [6.45, 7) is 2.53. The van der Waals surface area contributed by atoms with Crippen molar-refractivity contribution in [3.63, 3.8) is 0 Å². The average molecular weight is 515 g/mol. The SMILES string of the molecule is CCC(Sc1nc(=O)cc(N)n1CCc1ccccc1)C(=O)N1c2ccccc2Sc2ccccc21. The van der Waals surface area contributed by atoms with E-state index in [4.69, 9.17) is 5.73 Å². The van der Waals surface area contributed by atoms with E-state index in [1.54, 1.807) is 16.7 Å². The van der Waals surface area contributed by atoms with Gasteiger partial charge in [-0.05, 0) is 42.7 Å². The molecule has 182 valence electrons. The van der Waals surface area contributed by atoms with Crippen LogP contribution >= 0.6 is 23.5 Å². The van der Waals surface area contributed by atoms with Gasteiger partial charge in [0.15, 0.2) is 5.16 Å². The van der Waals surface area contributed by atoms with Crippen molar-refractivity contribution in [3.8, 4) is 0 Å². The average Bonchev–Trinajstić information content (AvgIpc) is 2.90. The van der Waals surface area contributed by atoms with Gasteiger partial charge in [-0.15, -0.1) is 0 Å². The van der Waals surface area contributed by atoms with Crippen molar-refractivity contribution in [2.24, 2.45) is 0 Å². The number of carbonyl (C=O) groups is 1. The number of carbonyl (C=O) groups excluding carboxylic acids is 1. The predicted octanol–water partition coefficient (Wildman–Crippen LogP) is 5.77. The molecule has 0 spiro atoms. The van der Waals surface area contributed by atoms with E-state index in [2.05, 4.69) is 17.1 Å². The van der Waals surface area contributed by atoms with Crippen LogP contribution in [0.4, 0.5) is 17.2 Å². The fourth-order valence-electron chi connectivity index (χ4n) is 4.22. The molecule has 1 amide bonds. The number of amides is 1. The molecule has 1 aliphatic rings. The number of para-hydroxylation sites is 2. The minimum absolute atomic E-state index is 0.0472. The Morgan fingerprint density at radius 1 is 0.972 bits per heavy atom. The Morgan fingerprint density at radius 3 is 2.22 bits per heavy atom. The molecule has 1 unspecified atom stereocenters. The Kier molecular flexibility index (Phi) is 7.16. The summed E-state index contributed by atoms with van der Waals surface area (Å²) >= 11 is 2.97. The summed E-state index contributed by atoms with van der Waals surface area (Å²) in [7, 11) is 0. The van der Waals surface area contributed by atoms with Crippen LogP contribution in [0.5, 0.6) is 0 Å². The fourth-order valence-corrected chi connectivity index (χ4v) is 6.38.